The van der Waals surface area contributed by atoms with E-state index >= 15 is 0 Å². The van der Waals surface area contributed by atoms with Gasteiger partial charge in [0.15, 0.2) is 5.90 Å². The molecule has 4 heteroatoms. The Morgan fingerprint density at radius 3 is 2.29 bits per heavy atom. The molecule has 0 heterocycles. The van der Waals surface area contributed by atoms with Gasteiger partial charge >= 0.3 is 0 Å². The third kappa shape index (κ3) is 5.36. The number of hydrogen-bond donors (Lipinski definition) is 2. The number of nitrogens with one attached hydrogen (secondary N) is 1. The van der Waals surface area contributed by atoms with Gasteiger partial charge in [-0.15, -0.1) is 0 Å². The first-order valence-corrected chi connectivity index (χ1v) is 2.06. The van der Waals surface area contributed by atoms with Crippen LogP contribution in [0.2, 0.25) is 0 Å². The lowest BCUT2D eigenvalue weighted by Crippen LogP contribution is -2.14. The van der Waals surface area contributed by atoms with Gasteiger partial charge in [-0.3, -0.25) is 5.41 Å². The molecular weight excluding hydrogens is 112 g/mol. The molecule has 3 nitrogen and oxygen atoms in total. The molecule has 0 aliphatic heterocycles. The van der Waals surface area contributed by atoms with Crippen LogP contribution in [0.4, 0.5) is 0 Å². The lowest BCUT2D eigenvalue weighted by molar-refractivity contribution is 0.542. The lowest BCUT2D eigenvalue weighted by Gasteiger charge is -1.94. The monoisotopic (exact) mass is 118 g/mol. The average Bonchev–Trinajstić information content (AvgIpc) is 1.27. The van der Waals surface area contributed by atoms with Crippen LogP contribution in [-0.4, -0.2) is 11.1 Å². The summed E-state index contributed by atoms with van der Waals surface area (Å²) in [5, 5.41) is 6.53. The first-order chi connectivity index (χ1) is 3.13. The Bertz CT molecular complexity index is 89.1. The van der Waals surface area contributed by atoms with Crippen molar-refractivity contribution in [3.05, 3.63) is 0 Å². The standard InChI is InChI=1S/C3H6N2OS/c1-2(4)6-3(5)7/h4H,1H3,(H2,5,7). The van der Waals surface area contributed by atoms with E-state index in [0.29, 0.717) is 0 Å². The second kappa shape index (κ2) is 2.52. The number of hydrogen-bond acceptors (Lipinski definition) is 3. The summed E-state index contributed by atoms with van der Waals surface area (Å²) in [6.45, 7) is 1.46. The lowest BCUT2D eigenvalue weighted by atomic mass is 10.8. The summed E-state index contributed by atoms with van der Waals surface area (Å²) < 4.78 is 4.34. The van der Waals surface area contributed by atoms with E-state index in [1.807, 2.05) is 0 Å². The van der Waals surface area contributed by atoms with Crippen molar-refractivity contribution >= 4 is 23.3 Å². The average molecular weight is 118 g/mol. The van der Waals surface area contributed by atoms with Crippen molar-refractivity contribution in [1.29, 1.82) is 5.41 Å². The van der Waals surface area contributed by atoms with Gasteiger partial charge in [0, 0.05) is 6.92 Å². The summed E-state index contributed by atoms with van der Waals surface area (Å²) in [4.78, 5) is 0. The largest absolute Gasteiger partial charge is 0.418 e. The molecule has 40 valence electrons. The van der Waals surface area contributed by atoms with E-state index in [1.165, 1.54) is 6.92 Å². The Labute approximate surface area is 47.0 Å². The van der Waals surface area contributed by atoms with Crippen LogP contribution < -0.4 is 5.73 Å². The molecule has 0 aromatic carbocycles. The van der Waals surface area contributed by atoms with E-state index in [2.05, 4.69) is 17.0 Å². The van der Waals surface area contributed by atoms with Crippen LogP contribution in [0.25, 0.3) is 0 Å². The molecule has 0 saturated carbocycles. The highest BCUT2D eigenvalue weighted by Crippen LogP contribution is 1.73. The van der Waals surface area contributed by atoms with E-state index in [1.54, 1.807) is 0 Å². The van der Waals surface area contributed by atoms with Gasteiger partial charge in [-0.2, -0.15) is 0 Å². The fourth-order valence-electron chi connectivity index (χ4n) is 0.151. The molecule has 0 aromatic rings. The summed E-state index contributed by atoms with van der Waals surface area (Å²) >= 11 is 4.29. The minimum Gasteiger partial charge on any atom is -0.418 e. The summed E-state index contributed by atoms with van der Waals surface area (Å²) in [6.07, 6.45) is 0. The van der Waals surface area contributed by atoms with Gasteiger partial charge in [0.1, 0.15) is 0 Å². The van der Waals surface area contributed by atoms with Gasteiger partial charge in [0.25, 0.3) is 5.17 Å². The van der Waals surface area contributed by atoms with Gasteiger partial charge in [-0.05, 0) is 12.2 Å². The summed E-state index contributed by atoms with van der Waals surface area (Å²) in [6, 6.07) is 0. The molecule has 3 N–H and O–H groups in total. The highest BCUT2D eigenvalue weighted by Gasteiger charge is 1.86. The highest BCUT2D eigenvalue weighted by atomic mass is 32.1. The maximum atomic E-state index is 6.64. The van der Waals surface area contributed by atoms with Gasteiger partial charge in [-0.25, -0.2) is 0 Å². The van der Waals surface area contributed by atoms with Crippen LogP contribution in [-0.2, 0) is 4.74 Å². The van der Waals surface area contributed by atoms with Crippen molar-refractivity contribution in [3.8, 4) is 0 Å². The third-order valence-electron chi connectivity index (χ3n) is 0.254. The third-order valence-corrected chi connectivity index (χ3v) is 0.337. The molecule has 0 saturated heterocycles. The van der Waals surface area contributed by atoms with Crippen molar-refractivity contribution in [2.75, 3.05) is 0 Å². The zero-order valence-electron chi connectivity index (χ0n) is 3.89. The van der Waals surface area contributed by atoms with Crippen LogP contribution in [0.5, 0.6) is 0 Å². The summed E-state index contributed by atoms with van der Waals surface area (Å²) in [5.41, 5.74) is 4.86. The van der Waals surface area contributed by atoms with E-state index in [0.717, 1.165) is 0 Å². The Hall–Kier alpha value is -0.640. The van der Waals surface area contributed by atoms with Gasteiger partial charge < -0.3 is 10.5 Å². The topological polar surface area (TPSA) is 59.1 Å². The van der Waals surface area contributed by atoms with Crippen molar-refractivity contribution in [1.82, 2.24) is 0 Å². The first-order valence-electron chi connectivity index (χ1n) is 1.65. The van der Waals surface area contributed by atoms with Gasteiger partial charge in [-0.1, -0.05) is 0 Å². The predicted molar refractivity (Wildman–Crippen MR) is 31.3 cm³/mol. The second-order valence-corrected chi connectivity index (χ2v) is 1.38. The second-order valence-electron chi connectivity index (χ2n) is 0.977. The van der Waals surface area contributed by atoms with Crippen LogP contribution in [0.15, 0.2) is 0 Å². The first kappa shape index (κ1) is 6.36. The Kier molecular flexibility index (Phi) is 2.29. The van der Waals surface area contributed by atoms with Crippen LogP contribution in [0, 0.1) is 5.41 Å². The molecule has 0 rings (SSSR count). The maximum absolute atomic E-state index is 6.64. The molecular formula is C3H6N2OS. The maximum Gasteiger partial charge on any atom is 0.260 e. The normalized spacial score (nSPS) is 7.57. The molecule has 0 atom stereocenters. The molecule has 0 amide bonds. The van der Waals surface area contributed by atoms with Gasteiger partial charge in [0.2, 0.25) is 0 Å². The van der Waals surface area contributed by atoms with Crippen molar-refractivity contribution in [2.45, 2.75) is 6.92 Å². The summed E-state index contributed by atoms with van der Waals surface area (Å²) in [5.74, 6) is 0.0208. The van der Waals surface area contributed by atoms with E-state index in [4.69, 9.17) is 11.1 Å². The van der Waals surface area contributed by atoms with E-state index < -0.39 is 0 Å². The Balaban J connectivity index is 3.32. The fourth-order valence-corrected chi connectivity index (χ4v) is 0.276. The number of thiocarbonyl (C=S) groups is 1. The number of ether oxygens (including phenoxy) is 1. The fraction of sp³-hybridized carbons (Fsp3) is 0.333. The SMILES string of the molecule is CC(=N)OC(N)=S. The molecule has 0 aromatic heterocycles. The highest BCUT2D eigenvalue weighted by molar-refractivity contribution is 7.80. The van der Waals surface area contributed by atoms with Gasteiger partial charge in [0.05, 0.1) is 0 Å². The van der Waals surface area contributed by atoms with Crippen LogP contribution >= 0.6 is 12.2 Å². The van der Waals surface area contributed by atoms with Crippen LogP contribution in [0.1, 0.15) is 6.92 Å². The molecule has 0 radical (unpaired) electrons. The minimum absolute atomic E-state index is 0.0208. The molecule has 0 fully saturated rings. The summed E-state index contributed by atoms with van der Waals surface area (Å²) in [7, 11) is 0. The van der Waals surface area contributed by atoms with Crippen molar-refractivity contribution < 1.29 is 4.74 Å². The molecule has 0 spiro atoms. The zero-order valence-corrected chi connectivity index (χ0v) is 4.71. The Morgan fingerprint density at radius 1 is 1.86 bits per heavy atom. The predicted octanol–water partition coefficient (Wildman–Crippen LogP) is 0.244. The molecule has 0 bridgehead atoms. The molecule has 0 unspecified atom stereocenters. The molecule has 0 aliphatic rings. The van der Waals surface area contributed by atoms with E-state index in [9.17, 15) is 0 Å². The van der Waals surface area contributed by atoms with Crippen LogP contribution in [0.3, 0.4) is 0 Å². The quantitative estimate of drug-likeness (QED) is 0.272. The molecule has 0 aliphatic carbocycles. The van der Waals surface area contributed by atoms with Crippen molar-refractivity contribution in [3.63, 3.8) is 0 Å². The Morgan fingerprint density at radius 2 is 2.29 bits per heavy atom. The number of rotatable bonds is 0. The minimum atomic E-state index is -0.104. The zero-order chi connectivity index (χ0) is 5.86. The molecule has 7 heavy (non-hydrogen) atoms. The van der Waals surface area contributed by atoms with E-state index in [-0.39, 0.29) is 11.1 Å². The van der Waals surface area contributed by atoms with Crippen molar-refractivity contribution in [2.24, 2.45) is 5.73 Å². The smallest absolute Gasteiger partial charge is 0.260 e. The number of nitrogens with two attached hydrogens (primary N) is 1.